The van der Waals surface area contributed by atoms with Crippen LogP contribution in [-0.2, 0) is 21.1 Å². The van der Waals surface area contributed by atoms with Crippen LogP contribution in [-0.4, -0.2) is 46.8 Å². The predicted molar refractivity (Wildman–Crippen MR) is 130 cm³/mol. The maximum Gasteiger partial charge on any atom is 0.178 e. The molecule has 2 aromatic heterocycles. The highest BCUT2D eigenvalue weighted by Gasteiger charge is 2.41. The van der Waals surface area contributed by atoms with Gasteiger partial charge in [0.15, 0.2) is 9.84 Å². The summed E-state index contributed by atoms with van der Waals surface area (Å²) in [5.41, 5.74) is 2.80. The molecule has 1 aliphatic heterocycles. The molecule has 0 saturated heterocycles. The molecule has 2 unspecified atom stereocenters. The predicted octanol–water partition coefficient (Wildman–Crippen LogP) is 4.09. The van der Waals surface area contributed by atoms with Gasteiger partial charge in [0.1, 0.15) is 11.6 Å². The normalized spacial score (nSPS) is 19.0. The van der Waals surface area contributed by atoms with E-state index in [0.717, 1.165) is 34.7 Å². The number of halogens is 1. The van der Waals surface area contributed by atoms with Gasteiger partial charge in [-0.25, -0.2) is 13.4 Å². The highest BCUT2D eigenvalue weighted by Crippen LogP contribution is 2.48. The summed E-state index contributed by atoms with van der Waals surface area (Å²) >= 11 is 6.29. The zero-order valence-corrected chi connectivity index (χ0v) is 20.1. The summed E-state index contributed by atoms with van der Waals surface area (Å²) < 4.78 is 32.9. The minimum atomic E-state index is -3.32. The lowest BCUT2D eigenvalue weighted by Gasteiger charge is -2.29. The number of fused-ring (bicyclic) bond motifs is 3. The van der Waals surface area contributed by atoms with Gasteiger partial charge in [0.25, 0.3) is 0 Å². The fourth-order valence-corrected chi connectivity index (χ4v) is 5.49. The van der Waals surface area contributed by atoms with Crippen molar-refractivity contribution in [3.8, 4) is 0 Å². The Labute approximate surface area is 203 Å². The number of allylic oxidation sites excluding steroid dienone is 2. The van der Waals surface area contributed by atoms with Crippen LogP contribution in [0.15, 0.2) is 71.7 Å². The van der Waals surface area contributed by atoms with Crippen molar-refractivity contribution < 1.29 is 13.2 Å². The Bertz CT molecular complexity index is 1370. The van der Waals surface area contributed by atoms with Crippen LogP contribution in [0, 0.1) is 0 Å². The van der Waals surface area contributed by atoms with Crippen molar-refractivity contribution in [2.45, 2.75) is 36.7 Å². The van der Waals surface area contributed by atoms with Crippen LogP contribution in [0.1, 0.15) is 30.4 Å². The molecule has 10 heteroatoms. The lowest BCUT2D eigenvalue weighted by Crippen LogP contribution is -2.28. The van der Waals surface area contributed by atoms with Crippen molar-refractivity contribution in [2.75, 3.05) is 17.7 Å². The summed E-state index contributed by atoms with van der Waals surface area (Å²) in [5, 5.41) is 11.8. The smallest absolute Gasteiger partial charge is 0.178 e. The van der Waals surface area contributed by atoms with Gasteiger partial charge >= 0.3 is 0 Å². The monoisotopic (exact) mass is 497 g/mol. The number of sulfone groups is 1. The maximum atomic E-state index is 12.5. The van der Waals surface area contributed by atoms with E-state index >= 15 is 0 Å². The minimum absolute atomic E-state index is 0.0535. The van der Waals surface area contributed by atoms with Crippen molar-refractivity contribution in [3.63, 3.8) is 0 Å². The summed E-state index contributed by atoms with van der Waals surface area (Å²) in [7, 11) is -3.32. The Morgan fingerprint density at radius 3 is 2.91 bits per heavy atom. The molecule has 0 amide bonds. The first-order valence-electron chi connectivity index (χ1n) is 11.1. The van der Waals surface area contributed by atoms with Crippen LogP contribution >= 0.6 is 11.6 Å². The number of pyridine rings is 1. The number of aromatic nitrogens is 4. The number of benzene rings is 1. The van der Waals surface area contributed by atoms with Gasteiger partial charge in [-0.1, -0.05) is 41.9 Å². The highest BCUT2D eigenvalue weighted by atomic mass is 35.5. The number of ether oxygens (including phenoxy) is 1. The standard InChI is InChI=1S/C24H24ClN5O3S/c1-2-34(31,32)18-6-3-5-16(13-18)19-7-8-21(33-12-4-10-30-11-9-27-29-30)23-22(19)20-14-17(25)15-26-24(20)28-23/h3,5-9,11,13-15,22-23H,2,4,10,12H2,1H3,(H,26,28). The van der Waals surface area contributed by atoms with E-state index in [2.05, 4.69) is 20.6 Å². The Hall–Kier alpha value is -3.17. The van der Waals surface area contributed by atoms with Crippen molar-refractivity contribution in [1.29, 1.82) is 0 Å². The van der Waals surface area contributed by atoms with E-state index < -0.39 is 9.84 Å². The number of aryl methyl sites for hydroxylation is 1. The zero-order chi connectivity index (χ0) is 23.7. The molecule has 8 nitrogen and oxygen atoms in total. The van der Waals surface area contributed by atoms with E-state index in [0.29, 0.717) is 23.1 Å². The van der Waals surface area contributed by atoms with Gasteiger partial charge in [0.05, 0.1) is 34.5 Å². The lowest BCUT2D eigenvalue weighted by molar-refractivity contribution is 0.186. The molecule has 0 bridgehead atoms. The van der Waals surface area contributed by atoms with Gasteiger partial charge in [-0.3, -0.25) is 4.68 Å². The van der Waals surface area contributed by atoms with Crippen molar-refractivity contribution in [2.24, 2.45) is 0 Å². The average Bonchev–Trinajstić information content (AvgIpc) is 3.50. The third-order valence-corrected chi connectivity index (χ3v) is 8.03. The molecule has 0 spiro atoms. The van der Waals surface area contributed by atoms with Crippen molar-refractivity contribution in [3.05, 3.63) is 83.0 Å². The van der Waals surface area contributed by atoms with Crippen molar-refractivity contribution in [1.82, 2.24) is 20.0 Å². The van der Waals surface area contributed by atoms with Gasteiger partial charge in [-0.2, -0.15) is 0 Å². The second kappa shape index (κ2) is 9.23. The van der Waals surface area contributed by atoms with Crippen LogP contribution in [0.4, 0.5) is 5.82 Å². The summed E-state index contributed by atoms with van der Waals surface area (Å²) in [6.07, 6.45) is 9.83. The Kier molecular flexibility index (Phi) is 6.14. The first-order valence-corrected chi connectivity index (χ1v) is 13.1. The Balaban J connectivity index is 1.46. The fraction of sp³-hybridized carbons (Fsp3) is 0.292. The molecule has 3 heterocycles. The van der Waals surface area contributed by atoms with Gasteiger partial charge in [0.2, 0.25) is 0 Å². The second-order valence-electron chi connectivity index (χ2n) is 8.18. The first kappa shape index (κ1) is 22.6. The van der Waals surface area contributed by atoms with Crippen LogP contribution in [0.2, 0.25) is 5.02 Å². The number of hydrogen-bond acceptors (Lipinski definition) is 7. The van der Waals surface area contributed by atoms with E-state index in [1.54, 1.807) is 42.2 Å². The molecule has 1 aromatic carbocycles. The zero-order valence-electron chi connectivity index (χ0n) is 18.6. The largest absolute Gasteiger partial charge is 0.496 e. The van der Waals surface area contributed by atoms with Crippen LogP contribution in [0.3, 0.4) is 0 Å². The molecule has 34 heavy (non-hydrogen) atoms. The van der Waals surface area contributed by atoms with Crippen LogP contribution < -0.4 is 5.32 Å². The molecule has 0 fully saturated rings. The van der Waals surface area contributed by atoms with Gasteiger partial charge in [-0.15, -0.1) is 5.10 Å². The minimum Gasteiger partial charge on any atom is -0.496 e. The fourth-order valence-electron chi connectivity index (χ4n) is 4.40. The molecule has 0 saturated carbocycles. The van der Waals surface area contributed by atoms with Gasteiger partial charge in [0, 0.05) is 36.8 Å². The SMILES string of the molecule is CCS(=O)(=O)c1cccc(C2=CC=C(OCCCn3ccnn3)C3Nc4ncc(Cl)cc4C23)c1. The number of nitrogens with one attached hydrogen (secondary N) is 1. The number of rotatable bonds is 8. The number of nitrogens with zero attached hydrogens (tertiary/aromatic N) is 4. The quantitative estimate of drug-likeness (QED) is 0.468. The third kappa shape index (κ3) is 4.33. The van der Waals surface area contributed by atoms with Crippen molar-refractivity contribution >= 4 is 32.8 Å². The van der Waals surface area contributed by atoms with E-state index in [4.69, 9.17) is 16.3 Å². The molecular weight excluding hydrogens is 474 g/mol. The second-order valence-corrected chi connectivity index (χ2v) is 10.9. The van der Waals surface area contributed by atoms with Gasteiger partial charge < -0.3 is 10.1 Å². The molecule has 1 aliphatic carbocycles. The molecular formula is C24H24ClN5O3S. The summed E-state index contributed by atoms with van der Waals surface area (Å²) in [6, 6.07) is 8.85. The molecule has 1 N–H and O–H groups in total. The summed E-state index contributed by atoms with van der Waals surface area (Å²) in [5.74, 6) is 1.49. The Morgan fingerprint density at radius 2 is 2.12 bits per heavy atom. The molecule has 176 valence electrons. The van der Waals surface area contributed by atoms with E-state index in [-0.39, 0.29) is 17.7 Å². The Morgan fingerprint density at radius 1 is 1.24 bits per heavy atom. The number of hydrogen-bond donors (Lipinski definition) is 1. The topological polar surface area (TPSA) is 99.0 Å². The average molecular weight is 498 g/mol. The van der Waals surface area contributed by atoms with Gasteiger partial charge in [-0.05, 0) is 35.4 Å². The first-order chi connectivity index (χ1) is 16.5. The highest BCUT2D eigenvalue weighted by molar-refractivity contribution is 7.91. The van der Waals surface area contributed by atoms with E-state index in [9.17, 15) is 8.42 Å². The van der Waals surface area contributed by atoms with Crippen LogP contribution in [0.5, 0.6) is 0 Å². The van der Waals surface area contributed by atoms with E-state index in [1.165, 1.54) is 0 Å². The molecule has 5 rings (SSSR count). The maximum absolute atomic E-state index is 12.5. The summed E-state index contributed by atoms with van der Waals surface area (Å²) in [4.78, 5) is 4.80. The molecule has 2 aliphatic rings. The molecule has 0 radical (unpaired) electrons. The lowest BCUT2D eigenvalue weighted by atomic mass is 9.80. The molecule has 2 atom stereocenters. The van der Waals surface area contributed by atoms with E-state index in [1.807, 2.05) is 30.5 Å². The summed E-state index contributed by atoms with van der Waals surface area (Å²) in [6.45, 7) is 2.89. The third-order valence-electron chi connectivity index (χ3n) is 6.09. The van der Waals surface area contributed by atoms with Crippen LogP contribution in [0.25, 0.3) is 5.57 Å². The number of anilines is 1. The molecule has 3 aromatic rings.